The van der Waals surface area contributed by atoms with Crippen molar-refractivity contribution in [2.24, 2.45) is 29.1 Å². The first-order valence-corrected chi connectivity index (χ1v) is 14.7. The predicted molar refractivity (Wildman–Crippen MR) is 140 cm³/mol. The molecule has 7 atom stereocenters. The molecule has 5 rings (SSSR count). The van der Waals surface area contributed by atoms with Crippen LogP contribution in [-0.4, -0.2) is 81.7 Å². The summed E-state index contributed by atoms with van der Waals surface area (Å²) >= 11 is 5.45. The zero-order valence-corrected chi connectivity index (χ0v) is 24.1. The fourth-order valence-electron chi connectivity index (χ4n) is 6.76. The van der Waals surface area contributed by atoms with Gasteiger partial charge in [0.15, 0.2) is 0 Å². The standard InChI is InChI=1S/C27H37ClF3N5O5/c1-25(2,3)18(32-21(38)16-10-27(16,30)31)23(40)35-11-13-5-4-6-15(13)17(35)22(39)34-36(24(41)19(28)29)12-14-9-26(7-8-26)33-20(14)37/h13-19H,4-12H2,1-3H3,(H,32,38)(H,33,37)(H,34,39)/t13-,14-,15-,16-,17-,18+,19-/m0/s1. The molecule has 3 N–H and O–H groups in total. The van der Waals surface area contributed by atoms with Crippen LogP contribution in [0.2, 0.25) is 0 Å². The van der Waals surface area contributed by atoms with Crippen molar-refractivity contribution in [2.75, 3.05) is 13.1 Å². The highest BCUT2D eigenvalue weighted by molar-refractivity contribution is 6.29. The highest BCUT2D eigenvalue weighted by Crippen LogP contribution is 2.49. The van der Waals surface area contributed by atoms with Gasteiger partial charge in [-0.25, -0.2) is 18.2 Å². The van der Waals surface area contributed by atoms with Crippen LogP contribution in [0.3, 0.4) is 0 Å². The molecular weight excluding hydrogens is 567 g/mol. The lowest BCUT2D eigenvalue weighted by molar-refractivity contribution is -0.150. The van der Waals surface area contributed by atoms with Gasteiger partial charge in [-0.05, 0) is 49.4 Å². The Bertz CT molecular complexity index is 1140. The molecule has 2 saturated heterocycles. The summed E-state index contributed by atoms with van der Waals surface area (Å²) in [6.07, 6.45) is 3.71. The molecule has 5 aliphatic rings. The number of rotatable bonds is 7. The van der Waals surface area contributed by atoms with Crippen LogP contribution in [-0.2, 0) is 24.0 Å². The van der Waals surface area contributed by atoms with E-state index in [1.807, 2.05) is 0 Å². The van der Waals surface area contributed by atoms with Crippen LogP contribution in [0, 0.1) is 29.1 Å². The molecule has 0 aromatic heterocycles. The van der Waals surface area contributed by atoms with Crippen LogP contribution < -0.4 is 16.1 Å². The second-order valence-electron chi connectivity index (χ2n) is 13.5. The van der Waals surface area contributed by atoms with E-state index in [1.165, 1.54) is 4.90 Å². The van der Waals surface area contributed by atoms with Gasteiger partial charge in [-0.1, -0.05) is 38.8 Å². The predicted octanol–water partition coefficient (Wildman–Crippen LogP) is 1.86. The highest BCUT2D eigenvalue weighted by Gasteiger charge is 2.62. The molecular formula is C27H37ClF3N5O5. The largest absolute Gasteiger partial charge is 0.350 e. The number of fused-ring (bicyclic) bond motifs is 1. The van der Waals surface area contributed by atoms with Gasteiger partial charge in [0, 0.05) is 18.5 Å². The minimum absolute atomic E-state index is 0.0137. The maximum Gasteiger partial charge on any atom is 0.291 e. The van der Waals surface area contributed by atoms with Crippen LogP contribution >= 0.6 is 11.6 Å². The van der Waals surface area contributed by atoms with E-state index in [9.17, 15) is 37.1 Å². The smallest absolute Gasteiger partial charge is 0.291 e. The second-order valence-corrected chi connectivity index (χ2v) is 13.9. The lowest BCUT2D eigenvalue weighted by Crippen LogP contribution is -2.61. The van der Waals surface area contributed by atoms with Crippen molar-refractivity contribution < 1.29 is 37.1 Å². The Hall–Kier alpha value is -2.57. The summed E-state index contributed by atoms with van der Waals surface area (Å²) in [5.74, 6) is -9.29. The fourth-order valence-corrected chi connectivity index (χ4v) is 6.88. The van der Waals surface area contributed by atoms with Crippen molar-refractivity contribution in [3.05, 3.63) is 0 Å². The molecule has 228 valence electrons. The number of amides is 5. The fraction of sp³-hybridized carbons (Fsp3) is 0.815. The van der Waals surface area contributed by atoms with Crippen LogP contribution in [0.15, 0.2) is 0 Å². The van der Waals surface area contributed by atoms with Gasteiger partial charge in [0.25, 0.3) is 23.4 Å². The average molecular weight is 604 g/mol. The molecule has 2 heterocycles. The number of nitrogens with zero attached hydrogens (tertiary/aromatic N) is 2. The van der Waals surface area contributed by atoms with Crippen LogP contribution in [0.4, 0.5) is 13.2 Å². The Labute approximate surface area is 241 Å². The van der Waals surface area contributed by atoms with E-state index in [4.69, 9.17) is 11.6 Å². The first kappa shape index (κ1) is 29.9. The number of hydrogen-bond acceptors (Lipinski definition) is 5. The van der Waals surface area contributed by atoms with Gasteiger partial charge in [0.05, 0.1) is 12.5 Å². The normalized spacial score (nSPS) is 32.1. The van der Waals surface area contributed by atoms with Crippen molar-refractivity contribution in [1.82, 2.24) is 26.0 Å². The number of halogens is 4. The van der Waals surface area contributed by atoms with Crippen molar-refractivity contribution in [2.45, 2.75) is 94.9 Å². The lowest BCUT2D eigenvalue weighted by Gasteiger charge is -2.37. The Morgan fingerprint density at radius 1 is 1.15 bits per heavy atom. The Morgan fingerprint density at radius 2 is 1.80 bits per heavy atom. The minimum atomic E-state index is -3.11. The molecule has 2 aliphatic heterocycles. The van der Waals surface area contributed by atoms with Crippen LogP contribution in [0.25, 0.3) is 0 Å². The van der Waals surface area contributed by atoms with Crippen LogP contribution in [0.1, 0.15) is 65.7 Å². The molecule has 3 saturated carbocycles. The third kappa shape index (κ3) is 5.87. The summed E-state index contributed by atoms with van der Waals surface area (Å²) in [5.41, 5.74) is -1.19. The van der Waals surface area contributed by atoms with Crippen LogP contribution in [0.5, 0.6) is 0 Å². The summed E-state index contributed by atoms with van der Waals surface area (Å²) in [7, 11) is 0. The van der Waals surface area contributed by atoms with Gasteiger partial charge in [0.1, 0.15) is 18.0 Å². The molecule has 0 aromatic rings. The molecule has 5 amide bonds. The van der Waals surface area contributed by atoms with Gasteiger partial charge < -0.3 is 15.5 Å². The maximum absolute atomic E-state index is 14.0. The SMILES string of the molecule is CC(C)(C)[C@H](NC(=O)[C@@H]1CC1(F)F)C(=O)N1C[C@@H]2CCC[C@@H]2[C@H]1C(=O)NN(C[C@@H]1CC2(CC2)NC1=O)C(=O)[C@H](F)Cl. The van der Waals surface area contributed by atoms with E-state index in [1.54, 1.807) is 20.8 Å². The first-order chi connectivity index (χ1) is 19.0. The van der Waals surface area contributed by atoms with Crippen molar-refractivity contribution in [3.63, 3.8) is 0 Å². The van der Waals surface area contributed by atoms with E-state index in [0.29, 0.717) is 12.8 Å². The summed E-state index contributed by atoms with van der Waals surface area (Å²) < 4.78 is 41.1. The number of alkyl halides is 4. The molecule has 0 bridgehead atoms. The van der Waals surface area contributed by atoms with E-state index in [0.717, 1.165) is 30.7 Å². The van der Waals surface area contributed by atoms with Crippen molar-refractivity contribution >= 4 is 41.1 Å². The zero-order valence-electron chi connectivity index (χ0n) is 23.4. The molecule has 41 heavy (non-hydrogen) atoms. The molecule has 5 fully saturated rings. The van der Waals surface area contributed by atoms with Crippen molar-refractivity contribution in [3.8, 4) is 0 Å². The topological polar surface area (TPSA) is 128 Å². The van der Waals surface area contributed by atoms with Crippen molar-refractivity contribution in [1.29, 1.82) is 0 Å². The number of carbonyl (C=O) groups is 5. The maximum atomic E-state index is 14.0. The number of nitrogens with one attached hydrogen (secondary N) is 3. The highest BCUT2D eigenvalue weighted by atomic mass is 35.5. The molecule has 0 radical (unpaired) electrons. The Kier molecular flexibility index (Phi) is 7.52. The van der Waals surface area contributed by atoms with Gasteiger partial charge >= 0.3 is 0 Å². The molecule has 14 heteroatoms. The van der Waals surface area contributed by atoms with E-state index < -0.39 is 70.9 Å². The van der Waals surface area contributed by atoms with Gasteiger partial charge in [-0.2, -0.15) is 0 Å². The molecule has 1 spiro atoms. The third-order valence-electron chi connectivity index (χ3n) is 9.33. The zero-order chi connectivity index (χ0) is 30.1. The van der Waals surface area contributed by atoms with Gasteiger partial charge in [-0.15, -0.1) is 0 Å². The number of carbonyl (C=O) groups excluding carboxylic acids is 5. The lowest BCUT2D eigenvalue weighted by atomic mass is 9.85. The van der Waals surface area contributed by atoms with Gasteiger partial charge in [-0.3, -0.25) is 29.4 Å². The summed E-state index contributed by atoms with van der Waals surface area (Å²) in [4.78, 5) is 66.8. The summed E-state index contributed by atoms with van der Waals surface area (Å²) in [6, 6.07) is -2.23. The second kappa shape index (κ2) is 10.3. The van der Waals surface area contributed by atoms with E-state index in [-0.39, 0.29) is 36.4 Å². The molecule has 10 nitrogen and oxygen atoms in total. The quantitative estimate of drug-likeness (QED) is 0.302. The average Bonchev–Trinajstić information content (AvgIpc) is 3.55. The van der Waals surface area contributed by atoms with Gasteiger partial charge in [0.2, 0.25) is 17.7 Å². The molecule has 0 unspecified atom stereocenters. The van der Waals surface area contributed by atoms with E-state index in [2.05, 4.69) is 16.1 Å². The number of hydrogen-bond donors (Lipinski definition) is 3. The Morgan fingerprint density at radius 3 is 2.34 bits per heavy atom. The monoisotopic (exact) mass is 603 g/mol. The Balaban J connectivity index is 1.35. The molecule has 0 aromatic carbocycles. The number of hydrazine groups is 1. The minimum Gasteiger partial charge on any atom is -0.350 e. The summed E-state index contributed by atoms with van der Waals surface area (Å²) in [6.45, 7) is 5.00. The third-order valence-corrected chi connectivity index (χ3v) is 9.52. The molecule has 3 aliphatic carbocycles. The first-order valence-electron chi connectivity index (χ1n) is 14.2. The summed E-state index contributed by atoms with van der Waals surface area (Å²) in [5, 5.41) is 6.13. The number of likely N-dealkylation sites (tertiary alicyclic amines) is 1. The van der Waals surface area contributed by atoms with E-state index >= 15 is 0 Å².